The molecule has 0 aliphatic rings. The molecule has 0 saturated heterocycles. The highest BCUT2D eigenvalue weighted by Crippen LogP contribution is 1.97. The van der Waals surface area contributed by atoms with Gasteiger partial charge in [0, 0.05) is 31.2 Å². The molecule has 0 unspecified atom stereocenters. The molecule has 0 radical (unpaired) electrons. The summed E-state index contributed by atoms with van der Waals surface area (Å²) in [7, 11) is 2.09. The fourth-order valence-electron chi connectivity index (χ4n) is 1.56. The minimum absolute atomic E-state index is 0. The number of hydrogen-bond acceptors (Lipinski definition) is 3. The first-order valence-electron chi connectivity index (χ1n) is 7.69. The quantitative estimate of drug-likeness (QED) is 0.327. The summed E-state index contributed by atoms with van der Waals surface area (Å²) in [6, 6.07) is 0.517. The molecule has 0 bridgehead atoms. The number of carbonyl (C=O) groups is 1. The Labute approximate surface area is 152 Å². The lowest BCUT2D eigenvalue weighted by Crippen LogP contribution is -2.44. The van der Waals surface area contributed by atoms with Crippen molar-refractivity contribution in [2.24, 2.45) is 4.99 Å². The van der Waals surface area contributed by atoms with E-state index in [0.29, 0.717) is 12.0 Å². The number of halogens is 1. The molecule has 132 valence electrons. The Kier molecular flexibility index (Phi) is 12.8. The Morgan fingerprint density at radius 2 is 1.82 bits per heavy atom. The SMILES string of the molecule is CCNC(=NCC(=O)NC(C)(C)C)NCCN(C)C(C)C.I. The van der Waals surface area contributed by atoms with E-state index in [2.05, 4.69) is 46.7 Å². The monoisotopic (exact) mass is 427 g/mol. The molecule has 0 aromatic heterocycles. The molecule has 3 N–H and O–H groups in total. The summed E-state index contributed by atoms with van der Waals surface area (Å²) in [4.78, 5) is 18.3. The lowest BCUT2D eigenvalue weighted by Gasteiger charge is -2.22. The second-order valence-corrected chi connectivity index (χ2v) is 6.49. The maximum Gasteiger partial charge on any atom is 0.242 e. The van der Waals surface area contributed by atoms with E-state index < -0.39 is 0 Å². The Morgan fingerprint density at radius 3 is 2.27 bits per heavy atom. The largest absolute Gasteiger partial charge is 0.357 e. The Balaban J connectivity index is 0. The third-order valence-electron chi connectivity index (χ3n) is 2.88. The first kappa shape index (κ1) is 23.7. The van der Waals surface area contributed by atoms with Crippen LogP contribution in [-0.2, 0) is 4.79 Å². The summed E-state index contributed by atoms with van der Waals surface area (Å²) in [5, 5.41) is 9.28. The van der Waals surface area contributed by atoms with E-state index in [9.17, 15) is 4.79 Å². The molecule has 0 aliphatic heterocycles. The number of carbonyl (C=O) groups excluding carboxylic acids is 1. The van der Waals surface area contributed by atoms with Crippen molar-refractivity contribution in [1.82, 2.24) is 20.9 Å². The average Bonchev–Trinajstić information content (AvgIpc) is 2.33. The standard InChI is InChI=1S/C15H33N5O.HI/c1-8-16-14(17-9-10-20(7)12(2)3)18-11-13(21)19-15(4,5)6;/h12H,8-11H2,1-7H3,(H,19,21)(H2,16,17,18);1H. The molecule has 0 saturated carbocycles. The predicted molar refractivity (Wildman–Crippen MR) is 105 cm³/mol. The molecule has 0 fully saturated rings. The van der Waals surface area contributed by atoms with E-state index in [1.54, 1.807) is 0 Å². The van der Waals surface area contributed by atoms with Gasteiger partial charge in [-0.1, -0.05) is 0 Å². The van der Waals surface area contributed by atoms with Crippen molar-refractivity contribution in [2.75, 3.05) is 33.2 Å². The predicted octanol–water partition coefficient (Wildman–Crippen LogP) is 1.41. The highest BCUT2D eigenvalue weighted by atomic mass is 127. The molecule has 6 nitrogen and oxygen atoms in total. The van der Waals surface area contributed by atoms with Gasteiger partial charge in [0.25, 0.3) is 0 Å². The molecule has 0 rings (SSSR count). The summed E-state index contributed by atoms with van der Waals surface area (Å²) >= 11 is 0. The average molecular weight is 427 g/mol. The first-order chi connectivity index (χ1) is 9.65. The van der Waals surface area contributed by atoms with E-state index in [1.165, 1.54) is 0 Å². The molecule has 0 spiro atoms. The number of likely N-dealkylation sites (N-methyl/N-ethyl adjacent to an activating group) is 1. The molecular weight excluding hydrogens is 393 g/mol. The highest BCUT2D eigenvalue weighted by molar-refractivity contribution is 14.0. The molecule has 22 heavy (non-hydrogen) atoms. The van der Waals surface area contributed by atoms with E-state index in [0.717, 1.165) is 19.6 Å². The fourth-order valence-corrected chi connectivity index (χ4v) is 1.56. The third-order valence-corrected chi connectivity index (χ3v) is 2.88. The van der Waals surface area contributed by atoms with E-state index in [1.807, 2.05) is 27.7 Å². The van der Waals surface area contributed by atoms with Crippen LogP contribution in [0.15, 0.2) is 4.99 Å². The number of nitrogens with zero attached hydrogens (tertiary/aromatic N) is 2. The molecular formula is C15H34IN5O. The molecule has 0 aromatic rings. The summed E-state index contributed by atoms with van der Waals surface area (Å²) in [5.74, 6) is 0.609. The third kappa shape index (κ3) is 13.1. The van der Waals surface area contributed by atoms with Crippen molar-refractivity contribution in [3.8, 4) is 0 Å². The summed E-state index contributed by atoms with van der Waals surface area (Å²) in [6.45, 7) is 14.8. The number of aliphatic imine (C=N–C) groups is 1. The van der Waals surface area contributed by atoms with Crippen molar-refractivity contribution in [2.45, 2.75) is 53.1 Å². The number of guanidine groups is 1. The molecule has 0 aliphatic carbocycles. The van der Waals surface area contributed by atoms with Gasteiger partial charge in [0.15, 0.2) is 5.96 Å². The maximum absolute atomic E-state index is 11.8. The minimum Gasteiger partial charge on any atom is -0.357 e. The summed E-state index contributed by atoms with van der Waals surface area (Å²) in [5.41, 5.74) is -0.224. The topological polar surface area (TPSA) is 68.8 Å². The first-order valence-corrected chi connectivity index (χ1v) is 7.69. The zero-order valence-electron chi connectivity index (χ0n) is 15.1. The lowest BCUT2D eigenvalue weighted by molar-refractivity contribution is -0.121. The number of amides is 1. The Morgan fingerprint density at radius 1 is 1.23 bits per heavy atom. The van der Waals surface area contributed by atoms with Crippen LogP contribution in [0.5, 0.6) is 0 Å². The summed E-state index contributed by atoms with van der Waals surface area (Å²) in [6.07, 6.45) is 0. The Bertz CT molecular complexity index is 339. The van der Waals surface area contributed by atoms with Gasteiger partial charge in [0.05, 0.1) is 0 Å². The van der Waals surface area contributed by atoms with Gasteiger partial charge in [-0.15, -0.1) is 24.0 Å². The van der Waals surface area contributed by atoms with Gasteiger partial charge in [-0.05, 0) is 48.6 Å². The normalized spacial score (nSPS) is 12.1. The van der Waals surface area contributed by atoms with Gasteiger partial charge < -0.3 is 20.9 Å². The number of nitrogens with one attached hydrogen (secondary N) is 3. The van der Waals surface area contributed by atoms with Crippen LogP contribution in [-0.4, -0.2) is 61.6 Å². The second kappa shape index (κ2) is 11.9. The van der Waals surface area contributed by atoms with Crippen LogP contribution in [0.4, 0.5) is 0 Å². The molecule has 1 amide bonds. The van der Waals surface area contributed by atoms with Crippen molar-refractivity contribution < 1.29 is 4.79 Å². The van der Waals surface area contributed by atoms with Gasteiger partial charge in [0.1, 0.15) is 6.54 Å². The van der Waals surface area contributed by atoms with Crippen molar-refractivity contribution in [1.29, 1.82) is 0 Å². The van der Waals surface area contributed by atoms with Crippen LogP contribution in [0.3, 0.4) is 0 Å². The van der Waals surface area contributed by atoms with E-state index in [-0.39, 0.29) is 42.0 Å². The van der Waals surface area contributed by atoms with Gasteiger partial charge >= 0.3 is 0 Å². The van der Waals surface area contributed by atoms with Crippen molar-refractivity contribution >= 4 is 35.8 Å². The Hall–Kier alpha value is -0.570. The van der Waals surface area contributed by atoms with Gasteiger partial charge in [-0.25, -0.2) is 4.99 Å². The van der Waals surface area contributed by atoms with Crippen LogP contribution < -0.4 is 16.0 Å². The smallest absolute Gasteiger partial charge is 0.242 e. The van der Waals surface area contributed by atoms with Crippen LogP contribution in [0.1, 0.15) is 41.5 Å². The van der Waals surface area contributed by atoms with Gasteiger partial charge in [0.2, 0.25) is 5.91 Å². The zero-order chi connectivity index (χ0) is 16.5. The number of rotatable bonds is 7. The minimum atomic E-state index is -0.224. The zero-order valence-corrected chi connectivity index (χ0v) is 17.4. The second-order valence-electron chi connectivity index (χ2n) is 6.49. The van der Waals surface area contributed by atoms with Crippen LogP contribution >= 0.6 is 24.0 Å². The van der Waals surface area contributed by atoms with Crippen LogP contribution in [0.25, 0.3) is 0 Å². The lowest BCUT2D eigenvalue weighted by atomic mass is 10.1. The van der Waals surface area contributed by atoms with Crippen LogP contribution in [0, 0.1) is 0 Å². The molecule has 0 heterocycles. The molecule has 0 atom stereocenters. The summed E-state index contributed by atoms with van der Waals surface area (Å²) < 4.78 is 0. The van der Waals surface area contributed by atoms with Crippen LogP contribution in [0.2, 0.25) is 0 Å². The van der Waals surface area contributed by atoms with Gasteiger partial charge in [-0.2, -0.15) is 0 Å². The fraction of sp³-hybridized carbons (Fsp3) is 0.867. The maximum atomic E-state index is 11.8. The molecule has 0 aromatic carbocycles. The van der Waals surface area contributed by atoms with Crippen molar-refractivity contribution in [3.05, 3.63) is 0 Å². The molecule has 7 heteroatoms. The van der Waals surface area contributed by atoms with E-state index >= 15 is 0 Å². The van der Waals surface area contributed by atoms with E-state index in [4.69, 9.17) is 0 Å². The van der Waals surface area contributed by atoms with Gasteiger partial charge in [-0.3, -0.25) is 4.79 Å². The van der Waals surface area contributed by atoms with Crippen molar-refractivity contribution in [3.63, 3.8) is 0 Å². The number of hydrogen-bond donors (Lipinski definition) is 3. The highest BCUT2D eigenvalue weighted by Gasteiger charge is 2.13.